The minimum atomic E-state index is 0.486. The molecule has 0 aliphatic rings. The van der Waals surface area contributed by atoms with Crippen LogP contribution in [0.3, 0.4) is 0 Å². The van der Waals surface area contributed by atoms with Crippen LogP contribution in [0.4, 0.5) is 0 Å². The fraction of sp³-hybridized carbons (Fsp3) is 0.333. The van der Waals surface area contributed by atoms with Gasteiger partial charge < -0.3 is 5.73 Å². The largest absolute Gasteiger partial charge is 0.330 e. The summed E-state index contributed by atoms with van der Waals surface area (Å²) in [6.07, 6.45) is 0.960. The molecule has 0 aliphatic carbocycles. The zero-order valence-electron chi connectivity index (χ0n) is 7.40. The summed E-state index contributed by atoms with van der Waals surface area (Å²) in [4.78, 5) is 0.953. The fourth-order valence-electron chi connectivity index (χ4n) is 0.880. The highest BCUT2D eigenvalue weighted by molar-refractivity contribution is 7.99. The first-order chi connectivity index (χ1) is 6.65. The van der Waals surface area contributed by atoms with E-state index in [1.54, 1.807) is 23.9 Å². The molecule has 0 saturated heterocycles. The van der Waals surface area contributed by atoms with Gasteiger partial charge in [0.2, 0.25) is 0 Å². The third-order valence-electron chi connectivity index (χ3n) is 1.58. The summed E-state index contributed by atoms with van der Waals surface area (Å²) in [7, 11) is 0. The monoisotopic (exact) mass is 269 g/mol. The van der Waals surface area contributed by atoms with Crippen LogP contribution in [0.25, 0.3) is 0 Å². The van der Waals surface area contributed by atoms with Crippen molar-refractivity contribution in [1.29, 1.82) is 0 Å². The minimum Gasteiger partial charge on any atom is -0.330 e. The average Bonchev–Trinajstić information content (AvgIpc) is 2.14. The highest BCUT2D eigenvalue weighted by Gasteiger charge is 2.05. The van der Waals surface area contributed by atoms with Gasteiger partial charge in [0.25, 0.3) is 0 Å². The van der Waals surface area contributed by atoms with Gasteiger partial charge in [0, 0.05) is 4.90 Å². The third kappa shape index (κ3) is 3.52. The number of rotatable bonds is 4. The van der Waals surface area contributed by atoms with Crippen molar-refractivity contribution in [1.82, 2.24) is 0 Å². The number of benzene rings is 1. The minimum absolute atomic E-state index is 0.486. The van der Waals surface area contributed by atoms with Crippen molar-refractivity contribution in [3.8, 4) is 0 Å². The first-order valence-corrected chi connectivity index (χ1v) is 6.24. The summed E-state index contributed by atoms with van der Waals surface area (Å²) >= 11 is 19.3. The molecular formula is C9H10Cl3NS. The highest BCUT2D eigenvalue weighted by atomic mass is 35.5. The molecule has 0 bridgehead atoms. The molecule has 2 N–H and O–H groups in total. The van der Waals surface area contributed by atoms with E-state index in [-0.39, 0.29) is 0 Å². The Kier molecular flexibility index (Phi) is 5.42. The molecular weight excluding hydrogens is 261 g/mol. The van der Waals surface area contributed by atoms with Crippen LogP contribution in [-0.4, -0.2) is 12.3 Å². The summed E-state index contributed by atoms with van der Waals surface area (Å²) in [5.74, 6) is 0.939. The lowest BCUT2D eigenvalue weighted by molar-refractivity contribution is 0.943. The zero-order valence-corrected chi connectivity index (χ0v) is 10.5. The molecule has 0 fully saturated rings. The summed E-state index contributed by atoms with van der Waals surface area (Å²) in [6.45, 7) is 0.686. The van der Waals surface area contributed by atoms with Crippen molar-refractivity contribution < 1.29 is 0 Å². The normalized spacial score (nSPS) is 10.6. The van der Waals surface area contributed by atoms with Gasteiger partial charge in [0.15, 0.2) is 0 Å². The van der Waals surface area contributed by atoms with Crippen LogP contribution < -0.4 is 5.73 Å². The molecule has 78 valence electrons. The van der Waals surface area contributed by atoms with Crippen molar-refractivity contribution in [3.63, 3.8) is 0 Å². The van der Waals surface area contributed by atoms with Crippen molar-refractivity contribution in [3.05, 3.63) is 27.2 Å². The molecule has 1 nitrogen and oxygen atoms in total. The van der Waals surface area contributed by atoms with Gasteiger partial charge in [0.1, 0.15) is 0 Å². The van der Waals surface area contributed by atoms with Gasteiger partial charge in [-0.05, 0) is 30.9 Å². The van der Waals surface area contributed by atoms with Gasteiger partial charge in [0.05, 0.1) is 15.1 Å². The van der Waals surface area contributed by atoms with Crippen LogP contribution in [0, 0.1) is 0 Å². The Morgan fingerprint density at radius 3 is 2.36 bits per heavy atom. The van der Waals surface area contributed by atoms with Crippen LogP contribution in [0.15, 0.2) is 17.0 Å². The van der Waals surface area contributed by atoms with Crippen molar-refractivity contribution in [2.24, 2.45) is 5.73 Å². The SMILES string of the molecule is NCCCSc1cc(Cl)c(Cl)cc1Cl. The molecule has 5 heteroatoms. The molecule has 14 heavy (non-hydrogen) atoms. The lowest BCUT2D eigenvalue weighted by atomic mass is 10.4. The van der Waals surface area contributed by atoms with Gasteiger partial charge >= 0.3 is 0 Å². The second kappa shape index (κ2) is 6.09. The number of hydrogen-bond acceptors (Lipinski definition) is 2. The summed E-state index contributed by atoms with van der Waals surface area (Å²) in [6, 6.07) is 3.45. The average molecular weight is 271 g/mol. The van der Waals surface area contributed by atoms with E-state index in [1.165, 1.54) is 0 Å². The van der Waals surface area contributed by atoms with Crippen LogP contribution in [0.5, 0.6) is 0 Å². The Morgan fingerprint density at radius 2 is 1.71 bits per heavy atom. The molecule has 0 aromatic heterocycles. The Morgan fingerprint density at radius 1 is 1.07 bits per heavy atom. The Labute approximate surface area is 103 Å². The second-order valence-corrected chi connectivity index (χ2v) is 5.05. The Balaban J connectivity index is 2.72. The second-order valence-electron chi connectivity index (χ2n) is 2.69. The van der Waals surface area contributed by atoms with E-state index in [0.717, 1.165) is 17.1 Å². The van der Waals surface area contributed by atoms with E-state index in [4.69, 9.17) is 40.5 Å². The molecule has 1 aromatic rings. The lowest BCUT2D eigenvalue weighted by Gasteiger charge is -2.05. The molecule has 0 radical (unpaired) electrons. The molecule has 1 aromatic carbocycles. The van der Waals surface area contributed by atoms with Crippen LogP contribution in [-0.2, 0) is 0 Å². The summed E-state index contributed by atoms with van der Waals surface area (Å²) in [5.41, 5.74) is 5.39. The Bertz CT molecular complexity index is 317. The van der Waals surface area contributed by atoms with Gasteiger partial charge in [-0.1, -0.05) is 34.8 Å². The molecule has 0 heterocycles. The predicted molar refractivity (Wildman–Crippen MR) is 65.9 cm³/mol. The number of halogens is 3. The Hall–Kier alpha value is 0.400. The van der Waals surface area contributed by atoms with Crippen LogP contribution in [0.1, 0.15) is 6.42 Å². The van der Waals surface area contributed by atoms with Gasteiger partial charge in [-0.2, -0.15) is 0 Å². The lowest BCUT2D eigenvalue weighted by Crippen LogP contribution is -1.99. The zero-order chi connectivity index (χ0) is 10.6. The fourth-order valence-corrected chi connectivity index (χ4v) is 2.58. The molecule has 0 atom stereocenters. The molecule has 0 aliphatic heterocycles. The number of nitrogens with two attached hydrogens (primary N) is 1. The van der Waals surface area contributed by atoms with E-state index in [9.17, 15) is 0 Å². The van der Waals surface area contributed by atoms with E-state index < -0.39 is 0 Å². The highest BCUT2D eigenvalue weighted by Crippen LogP contribution is 2.34. The van der Waals surface area contributed by atoms with Crippen molar-refractivity contribution in [2.45, 2.75) is 11.3 Å². The van der Waals surface area contributed by atoms with Crippen molar-refractivity contribution >= 4 is 46.6 Å². The molecule has 0 amide bonds. The van der Waals surface area contributed by atoms with E-state index in [0.29, 0.717) is 21.6 Å². The topological polar surface area (TPSA) is 26.0 Å². The van der Waals surface area contributed by atoms with Gasteiger partial charge in [-0.3, -0.25) is 0 Å². The summed E-state index contributed by atoms with van der Waals surface area (Å²) < 4.78 is 0. The van der Waals surface area contributed by atoms with Crippen LogP contribution in [0.2, 0.25) is 15.1 Å². The van der Waals surface area contributed by atoms with E-state index >= 15 is 0 Å². The van der Waals surface area contributed by atoms with Gasteiger partial charge in [-0.15, -0.1) is 11.8 Å². The smallest absolute Gasteiger partial charge is 0.0607 e. The van der Waals surface area contributed by atoms with E-state index in [1.807, 2.05) is 0 Å². The molecule has 0 spiro atoms. The maximum Gasteiger partial charge on any atom is 0.0607 e. The standard InChI is InChI=1S/C9H10Cl3NS/c10-6-4-8(12)9(5-7(6)11)14-3-1-2-13/h4-5H,1-3,13H2. The maximum absolute atomic E-state index is 5.99. The predicted octanol–water partition coefficient (Wildman–Crippen LogP) is 4.09. The maximum atomic E-state index is 5.99. The first-order valence-electron chi connectivity index (χ1n) is 4.12. The first kappa shape index (κ1) is 12.5. The molecule has 1 rings (SSSR count). The van der Waals surface area contributed by atoms with Crippen molar-refractivity contribution in [2.75, 3.05) is 12.3 Å². The van der Waals surface area contributed by atoms with E-state index in [2.05, 4.69) is 0 Å². The third-order valence-corrected chi connectivity index (χ3v) is 3.87. The number of hydrogen-bond donors (Lipinski definition) is 1. The summed E-state index contributed by atoms with van der Waals surface area (Å²) in [5, 5.41) is 1.66. The molecule has 0 unspecified atom stereocenters. The van der Waals surface area contributed by atoms with Gasteiger partial charge in [-0.25, -0.2) is 0 Å². The number of thioether (sulfide) groups is 1. The molecule has 0 saturated carbocycles. The van der Waals surface area contributed by atoms with Crippen LogP contribution >= 0.6 is 46.6 Å². The quantitative estimate of drug-likeness (QED) is 0.507.